The van der Waals surface area contributed by atoms with Gasteiger partial charge in [0.15, 0.2) is 0 Å². The third kappa shape index (κ3) is 5.37. The molecule has 4 nitrogen and oxygen atoms in total. The average Bonchev–Trinajstić information content (AvgIpc) is 2.43. The summed E-state index contributed by atoms with van der Waals surface area (Å²) in [4.78, 5) is 13.7. The highest BCUT2D eigenvalue weighted by Crippen LogP contribution is 2.37. The first-order valence-electron chi connectivity index (χ1n) is 7.54. The molecule has 0 radical (unpaired) electrons. The normalized spacial score (nSPS) is 24.5. The van der Waals surface area contributed by atoms with Crippen LogP contribution in [0.25, 0.3) is 0 Å². The van der Waals surface area contributed by atoms with E-state index in [4.69, 9.17) is 5.11 Å². The minimum Gasteiger partial charge on any atom is -0.395 e. The lowest BCUT2D eigenvalue weighted by atomic mass is 9.85. The first-order valence-corrected chi connectivity index (χ1v) is 7.54. The number of aliphatic hydroxyl groups is 1. The SMILES string of the molecule is CCC(C)N(CCO)C(=O)NC1CCCC(C(F)(F)F)C1. The second-order valence-electron chi connectivity index (χ2n) is 5.73. The van der Waals surface area contributed by atoms with Crippen molar-refractivity contribution in [2.24, 2.45) is 5.92 Å². The Morgan fingerprint density at radius 2 is 2.10 bits per heavy atom. The summed E-state index contributed by atoms with van der Waals surface area (Å²) in [6, 6.07) is -0.881. The smallest absolute Gasteiger partial charge is 0.391 e. The van der Waals surface area contributed by atoms with Gasteiger partial charge in [0.25, 0.3) is 0 Å². The van der Waals surface area contributed by atoms with E-state index in [0.29, 0.717) is 12.8 Å². The second kappa shape index (κ2) is 7.87. The monoisotopic (exact) mass is 310 g/mol. The number of urea groups is 1. The molecule has 1 saturated carbocycles. The molecule has 0 heterocycles. The number of nitrogens with one attached hydrogen (secondary N) is 1. The van der Waals surface area contributed by atoms with Crippen molar-refractivity contribution in [1.82, 2.24) is 10.2 Å². The van der Waals surface area contributed by atoms with Crippen molar-refractivity contribution >= 4 is 6.03 Å². The molecule has 2 N–H and O–H groups in total. The molecule has 0 saturated heterocycles. The fourth-order valence-electron chi connectivity index (χ4n) is 2.73. The Morgan fingerprint density at radius 1 is 1.43 bits per heavy atom. The molecule has 1 aliphatic rings. The summed E-state index contributed by atoms with van der Waals surface area (Å²) in [5.74, 6) is -1.33. The van der Waals surface area contributed by atoms with Crippen LogP contribution in [-0.2, 0) is 0 Å². The van der Waals surface area contributed by atoms with Gasteiger partial charge in [-0.1, -0.05) is 13.3 Å². The molecule has 0 aliphatic heterocycles. The molecule has 124 valence electrons. The number of carbonyl (C=O) groups is 1. The third-order valence-electron chi connectivity index (χ3n) is 4.19. The molecule has 0 spiro atoms. The van der Waals surface area contributed by atoms with Gasteiger partial charge in [-0.2, -0.15) is 13.2 Å². The summed E-state index contributed by atoms with van der Waals surface area (Å²) >= 11 is 0. The maximum absolute atomic E-state index is 12.8. The molecule has 7 heteroatoms. The Morgan fingerprint density at radius 3 is 2.62 bits per heavy atom. The number of rotatable bonds is 5. The number of nitrogens with zero attached hydrogens (tertiary/aromatic N) is 1. The minimum absolute atomic E-state index is 0.0529. The molecule has 1 fully saturated rings. The zero-order chi connectivity index (χ0) is 16.0. The van der Waals surface area contributed by atoms with Crippen molar-refractivity contribution in [1.29, 1.82) is 0 Å². The quantitative estimate of drug-likeness (QED) is 0.820. The highest BCUT2D eigenvalue weighted by atomic mass is 19.4. The lowest BCUT2D eigenvalue weighted by Gasteiger charge is -2.34. The van der Waals surface area contributed by atoms with Gasteiger partial charge < -0.3 is 15.3 Å². The Labute approximate surface area is 123 Å². The van der Waals surface area contributed by atoms with E-state index in [0.717, 1.165) is 6.42 Å². The molecule has 1 rings (SSSR count). The lowest BCUT2D eigenvalue weighted by Crippen LogP contribution is -2.51. The molecule has 0 bridgehead atoms. The fraction of sp³-hybridized carbons (Fsp3) is 0.929. The van der Waals surface area contributed by atoms with Crippen molar-refractivity contribution in [2.75, 3.05) is 13.2 Å². The summed E-state index contributed by atoms with van der Waals surface area (Å²) < 4.78 is 38.3. The molecule has 3 unspecified atom stereocenters. The van der Waals surface area contributed by atoms with Crippen LogP contribution in [0.1, 0.15) is 46.0 Å². The summed E-state index contributed by atoms with van der Waals surface area (Å²) in [5.41, 5.74) is 0. The number of hydrogen-bond donors (Lipinski definition) is 2. The Kier molecular flexibility index (Phi) is 6.77. The molecule has 0 aromatic rings. The standard InChI is InChI=1S/C14H25F3N2O2/c1-3-10(2)19(7-8-20)13(21)18-12-6-4-5-11(9-12)14(15,16)17/h10-12,20H,3-9H2,1-2H3,(H,18,21). The summed E-state index contributed by atoms with van der Waals surface area (Å²) in [7, 11) is 0. The van der Waals surface area contributed by atoms with Crippen molar-refractivity contribution in [2.45, 2.75) is 64.2 Å². The topological polar surface area (TPSA) is 52.6 Å². The van der Waals surface area contributed by atoms with Crippen LogP contribution in [0.4, 0.5) is 18.0 Å². The van der Waals surface area contributed by atoms with Crippen LogP contribution in [-0.4, -0.2) is 47.4 Å². The van der Waals surface area contributed by atoms with Crippen molar-refractivity contribution in [3.05, 3.63) is 0 Å². The van der Waals surface area contributed by atoms with Crippen LogP contribution < -0.4 is 5.32 Å². The number of halogens is 3. The Bertz CT molecular complexity index is 337. The molecule has 0 aromatic heterocycles. The van der Waals surface area contributed by atoms with Crippen LogP contribution in [0.2, 0.25) is 0 Å². The van der Waals surface area contributed by atoms with Gasteiger partial charge in [-0.3, -0.25) is 0 Å². The maximum atomic E-state index is 12.8. The van der Waals surface area contributed by atoms with E-state index in [1.165, 1.54) is 4.90 Å². The van der Waals surface area contributed by atoms with Gasteiger partial charge in [-0.15, -0.1) is 0 Å². The molecule has 2 amide bonds. The van der Waals surface area contributed by atoms with Gasteiger partial charge in [-0.25, -0.2) is 4.79 Å². The van der Waals surface area contributed by atoms with Crippen LogP contribution in [0.15, 0.2) is 0 Å². The number of hydrogen-bond acceptors (Lipinski definition) is 2. The van der Waals surface area contributed by atoms with Gasteiger partial charge in [-0.05, 0) is 32.6 Å². The van der Waals surface area contributed by atoms with Crippen LogP contribution >= 0.6 is 0 Å². The van der Waals surface area contributed by atoms with E-state index < -0.39 is 18.1 Å². The fourth-order valence-corrected chi connectivity index (χ4v) is 2.73. The average molecular weight is 310 g/mol. The molecule has 21 heavy (non-hydrogen) atoms. The van der Waals surface area contributed by atoms with E-state index in [9.17, 15) is 18.0 Å². The summed E-state index contributed by atoms with van der Waals surface area (Å²) in [5, 5.41) is 11.7. The number of amides is 2. The van der Waals surface area contributed by atoms with Gasteiger partial charge in [0, 0.05) is 18.6 Å². The van der Waals surface area contributed by atoms with Crippen molar-refractivity contribution < 1.29 is 23.1 Å². The Hall–Kier alpha value is -0.980. The summed E-state index contributed by atoms with van der Waals surface area (Å²) in [6.07, 6.45) is -2.33. The Balaban J connectivity index is 2.59. The van der Waals surface area contributed by atoms with E-state index >= 15 is 0 Å². The number of alkyl halides is 3. The molecule has 1 aliphatic carbocycles. The minimum atomic E-state index is -4.19. The van der Waals surface area contributed by atoms with Gasteiger partial charge in [0.05, 0.1) is 12.5 Å². The van der Waals surface area contributed by atoms with Gasteiger partial charge in [0.2, 0.25) is 0 Å². The molecule has 3 atom stereocenters. The van der Waals surface area contributed by atoms with E-state index in [-0.39, 0.29) is 38.1 Å². The lowest BCUT2D eigenvalue weighted by molar-refractivity contribution is -0.183. The highest BCUT2D eigenvalue weighted by Gasteiger charge is 2.42. The third-order valence-corrected chi connectivity index (χ3v) is 4.19. The maximum Gasteiger partial charge on any atom is 0.391 e. The molecular weight excluding hydrogens is 285 g/mol. The predicted octanol–water partition coefficient (Wildman–Crippen LogP) is 2.91. The van der Waals surface area contributed by atoms with Crippen LogP contribution in [0.5, 0.6) is 0 Å². The predicted molar refractivity (Wildman–Crippen MR) is 73.9 cm³/mol. The van der Waals surface area contributed by atoms with Crippen LogP contribution in [0.3, 0.4) is 0 Å². The van der Waals surface area contributed by atoms with Crippen molar-refractivity contribution in [3.8, 4) is 0 Å². The van der Waals surface area contributed by atoms with E-state index in [1.54, 1.807) is 0 Å². The second-order valence-corrected chi connectivity index (χ2v) is 5.73. The van der Waals surface area contributed by atoms with E-state index in [1.807, 2.05) is 13.8 Å². The molecule has 0 aromatic carbocycles. The van der Waals surface area contributed by atoms with E-state index in [2.05, 4.69) is 5.32 Å². The number of aliphatic hydroxyl groups excluding tert-OH is 1. The number of carbonyl (C=O) groups excluding carboxylic acids is 1. The largest absolute Gasteiger partial charge is 0.395 e. The first-order chi connectivity index (χ1) is 9.79. The molecular formula is C14H25F3N2O2. The summed E-state index contributed by atoms with van der Waals surface area (Å²) in [6.45, 7) is 3.81. The van der Waals surface area contributed by atoms with Gasteiger partial charge in [0.1, 0.15) is 0 Å². The zero-order valence-corrected chi connectivity index (χ0v) is 12.6. The van der Waals surface area contributed by atoms with Crippen LogP contribution in [0, 0.1) is 5.92 Å². The van der Waals surface area contributed by atoms with Gasteiger partial charge >= 0.3 is 12.2 Å². The first kappa shape index (κ1) is 18.1. The van der Waals surface area contributed by atoms with Crippen molar-refractivity contribution in [3.63, 3.8) is 0 Å². The highest BCUT2D eigenvalue weighted by molar-refractivity contribution is 5.74. The zero-order valence-electron chi connectivity index (χ0n) is 12.6.